The van der Waals surface area contributed by atoms with Crippen molar-refractivity contribution < 1.29 is 8.42 Å². The molecule has 6 heteroatoms. The molecule has 0 bridgehead atoms. The van der Waals surface area contributed by atoms with Crippen LogP contribution in [0.2, 0.25) is 0 Å². The molecule has 0 radical (unpaired) electrons. The first-order valence-corrected chi connectivity index (χ1v) is 5.14. The normalized spacial score (nSPS) is 13.8. The fraction of sp³-hybridized carbons (Fsp3) is 0.833. The second-order valence-electron chi connectivity index (χ2n) is 2.38. The molecule has 0 rings (SSSR count). The molecule has 70 valence electrons. The predicted molar refractivity (Wildman–Crippen MR) is 45.4 cm³/mol. The Kier molecular flexibility index (Phi) is 4.81. The largest absolute Gasteiger partial charge is 0.277 e. The average molecular weight is 191 g/mol. The van der Waals surface area contributed by atoms with E-state index in [4.69, 9.17) is 5.26 Å². The van der Waals surface area contributed by atoms with Gasteiger partial charge >= 0.3 is 0 Å². The van der Waals surface area contributed by atoms with E-state index in [9.17, 15) is 8.42 Å². The molecule has 0 fully saturated rings. The first kappa shape index (κ1) is 11.4. The monoisotopic (exact) mass is 191 g/mol. The highest BCUT2D eigenvalue weighted by molar-refractivity contribution is 7.87. The van der Waals surface area contributed by atoms with Gasteiger partial charge in [-0.3, -0.25) is 0 Å². The number of nitrogens with one attached hydrogen (secondary N) is 2. The Morgan fingerprint density at radius 1 is 1.58 bits per heavy atom. The average Bonchev–Trinajstić information content (AvgIpc) is 1.85. The van der Waals surface area contributed by atoms with Crippen molar-refractivity contribution in [2.45, 2.75) is 26.3 Å². The maximum Gasteiger partial charge on any atom is 0.277 e. The zero-order valence-corrected chi connectivity index (χ0v) is 7.98. The van der Waals surface area contributed by atoms with Crippen molar-refractivity contribution in [3.8, 4) is 6.07 Å². The zero-order chi connectivity index (χ0) is 9.61. The van der Waals surface area contributed by atoms with E-state index in [2.05, 4.69) is 9.44 Å². The predicted octanol–water partition coefficient (Wildman–Crippen LogP) is -0.268. The Hall–Kier alpha value is -0.640. The van der Waals surface area contributed by atoms with Gasteiger partial charge in [-0.25, -0.2) is 4.72 Å². The molecule has 0 aliphatic heterocycles. The summed E-state index contributed by atoms with van der Waals surface area (Å²) in [5, 5.41) is 8.26. The van der Waals surface area contributed by atoms with Crippen LogP contribution in [0.3, 0.4) is 0 Å². The van der Waals surface area contributed by atoms with Crippen molar-refractivity contribution >= 4 is 10.2 Å². The summed E-state index contributed by atoms with van der Waals surface area (Å²) in [5.74, 6) is 0. The summed E-state index contributed by atoms with van der Waals surface area (Å²) in [6.07, 6.45) is 0.171. The molecule has 0 aliphatic carbocycles. The molecule has 0 saturated heterocycles. The highest BCUT2D eigenvalue weighted by Gasteiger charge is 2.11. The van der Waals surface area contributed by atoms with Crippen LogP contribution < -0.4 is 9.44 Å². The van der Waals surface area contributed by atoms with E-state index in [1.54, 1.807) is 13.8 Å². The minimum absolute atomic E-state index is 0.171. The highest BCUT2D eigenvalue weighted by atomic mass is 32.2. The zero-order valence-electron chi connectivity index (χ0n) is 7.16. The minimum Gasteiger partial charge on any atom is -0.203 e. The van der Waals surface area contributed by atoms with Gasteiger partial charge in [-0.05, 0) is 6.92 Å². The lowest BCUT2D eigenvalue weighted by molar-refractivity contribution is 0.551. The molecular formula is C6H13N3O2S. The van der Waals surface area contributed by atoms with Gasteiger partial charge in [-0.15, -0.1) is 0 Å². The lowest BCUT2D eigenvalue weighted by Crippen LogP contribution is -2.41. The van der Waals surface area contributed by atoms with Crippen molar-refractivity contribution in [3.63, 3.8) is 0 Å². The van der Waals surface area contributed by atoms with Crippen molar-refractivity contribution in [2.75, 3.05) is 6.54 Å². The van der Waals surface area contributed by atoms with E-state index in [1.165, 1.54) is 0 Å². The van der Waals surface area contributed by atoms with Crippen molar-refractivity contribution in [2.24, 2.45) is 0 Å². The molecule has 0 aliphatic rings. The molecule has 0 aromatic carbocycles. The maximum atomic E-state index is 11.0. The van der Waals surface area contributed by atoms with Gasteiger partial charge in [0, 0.05) is 12.6 Å². The molecule has 0 heterocycles. The molecular weight excluding hydrogens is 178 g/mol. The molecule has 1 atom stereocenters. The topological polar surface area (TPSA) is 82.0 Å². The Labute approximate surface area is 73.0 Å². The third-order valence-electron chi connectivity index (χ3n) is 1.09. The third kappa shape index (κ3) is 5.07. The van der Waals surface area contributed by atoms with Crippen LogP contribution in [0.25, 0.3) is 0 Å². The number of hydrogen-bond donors (Lipinski definition) is 2. The molecule has 12 heavy (non-hydrogen) atoms. The van der Waals surface area contributed by atoms with Crippen LogP contribution in [-0.4, -0.2) is 21.0 Å². The minimum atomic E-state index is -3.40. The molecule has 0 saturated carbocycles. The number of hydrogen-bond acceptors (Lipinski definition) is 3. The van der Waals surface area contributed by atoms with E-state index in [1.807, 2.05) is 6.07 Å². The smallest absolute Gasteiger partial charge is 0.203 e. The lowest BCUT2D eigenvalue weighted by atomic mass is 10.3. The number of nitriles is 1. The SMILES string of the molecule is CCNS(=O)(=O)NC(C)CC#N. The van der Waals surface area contributed by atoms with E-state index in [0.717, 1.165) is 0 Å². The second kappa shape index (κ2) is 5.09. The van der Waals surface area contributed by atoms with E-state index in [0.29, 0.717) is 6.54 Å². The van der Waals surface area contributed by atoms with Crippen LogP contribution in [0.5, 0.6) is 0 Å². The van der Waals surface area contributed by atoms with Crippen LogP contribution in [0.4, 0.5) is 0 Å². The number of rotatable bonds is 5. The van der Waals surface area contributed by atoms with E-state index < -0.39 is 10.2 Å². The molecule has 0 spiro atoms. The summed E-state index contributed by atoms with van der Waals surface area (Å²) in [4.78, 5) is 0. The quantitative estimate of drug-likeness (QED) is 0.627. The van der Waals surface area contributed by atoms with Crippen molar-refractivity contribution in [1.82, 2.24) is 9.44 Å². The molecule has 1 unspecified atom stereocenters. The fourth-order valence-corrected chi connectivity index (χ4v) is 1.75. The van der Waals surface area contributed by atoms with Crippen molar-refractivity contribution in [3.05, 3.63) is 0 Å². The van der Waals surface area contributed by atoms with Gasteiger partial charge in [0.05, 0.1) is 12.5 Å². The van der Waals surface area contributed by atoms with Crippen LogP contribution in [0.15, 0.2) is 0 Å². The maximum absolute atomic E-state index is 11.0. The van der Waals surface area contributed by atoms with Gasteiger partial charge in [-0.2, -0.15) is 18.4 Å². The Morgan fingerprint density at radius 3 is 2.58 bits per heavy atom. The second-order valence-corrected chi connectivity index (χ2v) is 3.91. The van der Waals surface area contributed by atoms with Crippen molar-refractivity contribution in [1.29, 1.82) is 5.26 Å². The Balaban J connectivity index is 3.99. The standard InChI is InChI=1S/C6H13N3O2S/c1-3-8-12(10,11)9-6(2)4-5-7/h6,8-9H,3-4H2,1-2H3. The van der Waals surface area contributed by atoms with Gasteiger partial charge in [0.2, 0.25) is 0 Å². The summed E-state index contributed by atoms with van der Waals surface area (Å²) < 4.78 is 26.5. The van der Waals surface area contributed by atoms with Gasteiger partial charge in [0.15, 0.2) is 0 Å². The first-order chi connectivity index (χ1) is 5.52. The summed E-state index contributed by atoms with van der Waals surface area (Å²) in [6, 6.07) is 1.53. The molecule has 0 aromatic rings. The molecule has 0 amide bonds. The summed E-state index contributed by atoms with van der Waals surface area (Å²) in [6.45, 7) is 3.67. The third-order valence-corrected chi connectivity index (χ3v) is 2.47. The van der Waals surface area contributed by atoms with Crippen LogP contribution in [0.1, 0.15) is 20.3 Å². The van der Waals surface area contributed by atoms with Gasteiger partial charge in [0.1, 0.15) is 0 Å². The summed E-state index contributed by atoms with van der Waals surface area (Å²) >= 11 is 0. The highest BCUT2D eigenvalue weighted by Crippen LogP contribution is 1.89. The van der Waals surface area contributed by atoms with Gasteiger partial charge in [-0.1, -0.05) is 6.92 Å². The van der Waals surface area contributed by atoms with Crippen LogP contribution >= 0.6 is 0 Å². The number of nitrogens with zero attached hydrogens (tertiary/aromatic N) is 1. The molecule has 2 N–H and O–H groups in total. The van der Waals surface area contributed by atoms with Crippen LogP contribution in [0, 0.1) is 11.3 Å². The Bertz CT molecular complexity index is 254. The van der Waals surface area contributed by atoms with E-state index >= 15 is 0 Å². The van der Waals surface area contributed by atoms with Gasteiger partial charge in [0.25, 0.3) is 10.2 Å². The summed E-state index contributed by atoms with van der Waals surface area (Å²) in [5.41, 5.74) is 0. The summed E-state index contributed by atoms with van der Waals surface area (Å²) in [7, 11) is -3.40. The molecule has 0 aromatic heterocycles. The van der Waals surface area contributed by atoms with E-state index in [-0.39, 0.29) is 12.5 Å². The Morgan fingerprint density at radius 2 is 2.17 bits per heavy atom. The van der Waals surface area contributed by atoms with Gasteiger partial charge < -0.3 is 0 Å². The fourth-order valence-electron chi connectivity index (χ4n) is 0.675. The first-order valence-electron chi connectivity index (χ1n) is 3.65. The lowest BCUT2D eigenvalue weighted by Gasteiger charge is -2.10. The molecule has 5 nitrogen and oxygen atoms in total. The van der Waals surface area contributed by atoms with Crippen LogP contribution in [-0.2, 0) is 10.2 Å².